The molecule has 0 atom stereocenters. The number of rotatable bonds is 7. The van der Waals surface area contributed by atoms with Gasteiger partial charge in [0.15, 0.2) is 0 Å². The summed E-state index contributed by atoms with van der Waals surface area (Å²) in [5.41, 5.74) is 4.96. The number of aryl methyl sites for hydroxylation is 2. The molecule has 1 saturated heterocycles. The molecule has 0 aliphatic carbocycles. The molecule has 1 fully saturated rings. The lowest BCUT2D eigenvalue weighted by atomic mass is 10.1. The molecule has 1 N–H and O–H groups in total. The molecule has 1 aliphatic heterocycles. The molecule has 0 spiro atoms. The molecule has 10 heteroatoms. The molecule has 3 aromatic rings. The van der Waals surface area contributed by atoms with Gasteiger partial charge in [0.2, 0.25) is 0 Å². The van der Waals surface area contributed by atoms with Crippen molar-refractivity contribution < 1.29 is 13.2 Å². The van der Waals surface area contributed by atoms with Crippen molar-refractivity contribution in [3.05, 3.63) is 47.9 Å². The highest BCUT2D eigenvalue weighted by Crippen LogP contribution is 2.29. The summed E-state index contributed by atoms with van der Waals surface area (Å²) in [6.07, 6.45) is 4.37. The molecule has 0 amide bonds. The fourth-order valence-electron chi connectivity index (χ4n) is 3.74. The maximum atomic E-state index is 12.5. The third-order valence-electron chi connectivity index (χ3n) is 5.60. The second-order valence-corrected chi connectivity index (χ2v) is 9.36. The van der Waals surface area contributed by atoms with Crippen LogP contribution < -0.4 is 9.62 Å². The molecule has 166 valence electrons. The van der Waals surface area contributed by atoms with E-state index in [0.29, 0.717) is 26.3 Å². The maximum absolute atomic E-state index is 12.5. The summed E-state index contributed by atoms with van der Waals surface area (Å²) in [5.74, 6) is 0.826. The van der Waals surface area contributed by atoms with Crippen molar-refractivity contribution in [1.82, 2.24) is 23.6 Å². The van der Waals surface area contributed by atoms with Crippen molar-refractivity contribution in [1.29, 1.82) is 0 Å². The van der Waals surface area contributed by atoms with E-state index in [2.05, 4.69) is 27.7 Å². The molecule has 1 aliphatic rings. The van der Waals surface area contributed by atoms with Crippen LogP contribution >= 0.6 is 0 Å². The predicted octanol–water partition coefficient (Wildman–Crippen LogP) is 1.97. The number of fused-ring (bicyclic) bond motifs is 1. The van der Waals surface area contributed by atoms with E-state index >= 15 is 0 Å². The average Bonchev–Trinajstić information content (AvgIpc) is 3.17. The van der Waals surface area contributed by atoms with Gasteiger partial charge in [-0.05, 0) is 23.6 Å². The number of hydrogen-bond acceptors (Lipinski definition) is 6. The Bertz CT molecular complexity index is 1170. The molecule has 31 heavy (non-hydrogen) atoms. The zero-order valence-electron chi connectivity index (χ0n) is 18.1. The summed E-state index contributed by atoms with van der Waals surface area (Å²) in [5, 5.41) is 0. The number of imidazole rings is 1. The number of nitrogens with zero attached hydrogens (tertiary/aromatic N) is 5. The zero-order valence-corrected chi connectivity index (χ0v) is 18.9. The van der Waals surface area contributed by atoms with Crippen LogP contribution in [0.25, 0.3) is 11.0 Å². The normalized spacial score (nSPS) is 15.5. The maximum Gasteiger partial charge on any atom is 0.279 e. The van der Waals surface area contributed by atoms with Gasteiger partial charge in [0.25, 0.3) is 10.2 Å². The Hall–Kier alpha value is -2.53. The Morgan fingerprint density at radius 1 is 1.19 bits per heavy atom. The summed E-state index contributed by atoms with van der Waals surface area (Å²) in [6.45, 7) is 3.96. The first kappa shape index (κ1) is 21.7. The lowest BCUT2D eigenvalue weighted by Crippen LogP contribution is -2.46. The van der Waals surface area contributed by atoms with E-state index in [1.165, 1.54) is 4.31 Å². The molecule has 0 bridgehead atoms. The first-order valence-electron chi connectivity index (χ1n) is 10.3. The number of ether oxygens (including phenoxy) is 1. The van der Waals surface area contributed by atoms with Crippen LogP contribution in [0.3, 0.4) is 0 Å². The van der Waals surface area contributed by atoms with E-state index in [4.69, 9.17) is 4.74 Å². The Balaban J connectivity index is 1.52. The van der Waals surface area contributed by atoms with Crippen molar-refractivity contribution >= 4 is 32.7 Å². The van der Waals surface area contributed by atoms with Crippen LogP contribution in [0.2, 0.25) is 0 Å². The minimum absolute atomic E-state index is 0.246. The topological polar surface area (TPSA) is 92.6 Å². The highest BCUT2D eigenvalue weighted by Gasteiger charge is 2.23. The number of hydrogen-bond donors (Lipinski definition) is 1. The van der Waals surface area contributed by atoms with Crippen LogP contribution in [-0.4, -0.2) is 60.6 Å². The standard InChI is InChI=1S/C21H28N6O3S/c1-4-17-11-16(13-24-31(28,29)27-7-9-30-10-8-27)5-6-19(17)26(3)21-12-20-18(14-22-21)23-15-25(20)2/h5-6,11-12,14-15,24H,4,7-10,13H2,1-3H3. The lowest BCUT2D eigenvalue weighted by Gasteiger charge is -2.26. The van der Waals surface area contributed by atoms with Crippen molar-refractivity contribution in [2.45, 2.75) is 19.9 Å². The largest absolute Gasteiger partial charge is 0.379 e. The van der Waals surface area contributed by atoms with E-state index in [-0.39, 0.29) is 6.54 Å². The Morgan fingerprint density at radius 3 is 2.71 bits per heavy atom. The van der Waals surface area contributed by atoms with E-state index in [1.807, 2.05) is 41.8 Å². The Morgan fingerprint density at radius 2 is 1.97 bits per heavy atom. The quantitative estimate of drug-likeness (QED) is 0.599. The van der Waals surface area contributed by atoms with Gasteiger partial charge < -0.3 is 14.2 Å². The summed E-state index contributed by atoms with van der Waals surface area (Å²) in [7, 11) is 0.432. The fourth-order valence-corrected chi connectivity index (χ4v) is 4.90. The van der Waals surface area contributed by atoms with Crippen molar-refractivity contribution in [2.75, 3.05) is 38.3 Å². The second kappa shape index (κ2) is 8.91. The summed E-state index contributed by atoms with van der Waals surface area (Å²) in [6, 6.07) is 8.05. The van der Waals surface area contributed by atoms with Gasteiger partial charge in [-0.25, -0.2) is 9.97 Å². The summed E-state index contributed by atoms with van der Waals surface area (Å²) in [4.78, 5) is 10.9. The summed E-state index contributed by atoms with van der Waals surface area (Å²) < 4.78 is 36.4. The van der Waals surface area contributed by atoms with Crippen molar-refractivity contribution in [3.63, 3.8) is 0 Å². The van der Waals surface area contributed by atoms with Gasteiger partial charge in [0, 0.05) is 45.5 Å². The molecular weight excluding hydrogens is 416 g/mol. The number of nitrogens with one attached hydrogen (secondary N) is 1. The van der Waals surface area contributed by atoms with Crippen molar-refractivity contribution in [3.8, 4) is 0 Å². The fraction of sp³-hybridized carbons (Fsp3) is 0.429. The molecule has 0 unspecified atom stereocenters. The molecule has 1 aromatic carbocycles. The SMILES string of the molecule is CCc1cc(CNS(=O)(=O)N2CCOCC2)ccc1N(C)c1cc2c(cn1)ncn2C. The lowest BCUT2D eigenvalue weighted by molar-refractivity contribution is 0.0725. The van der Waals surface area contributed by atoms with E-state index < -0.39 is 10.2 Å². The highest BCUT2D eigenvalue weighted by molar-refractivity contribution is 7.87. The highest BCUT2D eigenvalue weighted by atomic mass is 32.2. The van der Waals surface area contributed by atoms with Crippen LogP contribution in [0, 0.1) is 0 Å². The molecule has 0 radical (unpaired) electrons. The van der Waals surface area contributed by atoms with Gasteiger partial charge in [0.05, 0.1) is 31.3 Å². The first-order valence-corrected chi connectivity index (χ1v) is 11.8. The molecule has 0 saturated carbocycles. The number of anilines is 2. The van der Waals surface area contributed by atoms with Crippen LogP contribution in [0.1, 0.15) is 18.1 Å². The molecule has 3 heterocycles. The number of morpholine rings is 1. The minimum Gasteiger partial charge on any atom is -0.379 e. The van der Waals surface area contributed by atoms with E-state index in [1.54, 1.807) is 12.5 Å². The van der Waals surface area contributed by atoms with Crippen molar-refractivity contribution in [2.24, 2.45) is 7.05 Å². The van der Waals surface area contributed by atoms with Gasteiger partial charge in [-0.1, -0.05) is 19.1 Å². The molecular formula is C21H28N6O3S. The average molecular weight is 445 g/mol. The third kappa shape index (κ3) is 4.57. The molecule has 2 aromatic heterocycles. The first-order chi connectivity index (χ1) is 14.9. The second-order valence-electron chi connectivity index (χ2n) is 7.60. The number of benzene rings is 1. The molecule has 9 nitrogen and oxygen atoms in total. The monoisotopic (exact) mass is 444 g/mol. The zero-order chi connectivity index (χ0) is 22.0. The smallest absolute Gasteiger partial charge is 0.279 e. The summed E-state index contributed by atoms with van der Waals surface area (Å²) >= 11 is 0. The van der Waals surface area contributed by atoms with Crippen LogP contribution in [-0.2, 0) is 35.0 Å². The number of aromatic nitrogens is 3. The van der Waals surface area contributed by atoms with E-state index in [9.17, 15) is 8.42 Å². The van der Waals surface area contributed by atoms with E-state index in [0.717, 1.165) is 40.1 Å². The van der Waals surface area contributed by atoms with Crippen LogP contribution in [0.15, 0.2) is 36.8 Å². The van der Waals surface area contributed by atoms with Crippen LogP contribution in [0.4, 0.5) is 11.5 Å². The molecule has 4 rings (SSSR count). The van der Waals surface area contributed by atoms with Gasteiger partial charge in [-0.3, -0.25) is 0 Å². The minimum atomic E-state index is -3.52. The van der Waals surface area contributed by atoms with Crippen LogP contribution in [0.5, 0.6) is 0 Å². The van der Waals surface area contributed by atoms with Gasteiger partial charge in [-0.2, -0.15) is 17.4 Å². The number of pyridine rings is 1. The predicted molar refractivity (Wildman–Crippen MR) is 121 cm³/mol. The third-order valence-corrected chi connectivity index (χ3v) is 7.15. The Labute approximate surface area is 182 Å². The Kier molecular flexibility index (Phi) is 6.24. The van der Waals surface area contributed by atoms with Gasteiger partial charge >= 0.3 is 0 Å². The van der Waals surface area contributed by atoms with Gasteiger partial charge in [-0.15, -0.1) is 0 Å². The van der Waals surface area contributed by atoms with Gasteiger partial charge in [0.1, 0.15) is 11.3 Å².